The van der Waals surface area contributed by atoms with Crippen molar-refractivity contribution in [3.8, 4) is 22.7 Å². The van der Waals surface area contributed by atoms with Crippen LogP contribution in [0.3, 0.4) is 0 Å². The molecule has 10 heteroatoms. The van der Waals surface area contributed by atoms with Gasteiger partial charge in [0.1, 0.15) is 12.2 Å². The van der Waals surface area contributed by atoms with Gasteiger partial charge in [-0.05, 0) is 30.2 Å². The highest BCUT2D eigenvalue weighted by Gasteiger charge is 2.25. The minimum Gasteiger partial charge on any atom is -0.477 e. The van der Waals surface area contributed by atoms with Gasteiger partial charge >= 0.3 is 5.97 Å². The molecule has 1 aliphatic heterocycles. The molecule has 0 unspecified atom stereocenters. The third-order valence-electron chi connectivity index (χ3n) is 5.74. The molecule has 3 aromatic rings. The quantitative estimate of drug-likeness (QED) is 0.376. The van der Waals surface area contributed by atoms with Gasteiger partial charge < -0.3 is 14.6 Å². The van der Waals surface area contributed by atoms with E-state index < -0.39 is 10.9 Å². The number of aromatic nitrogens is 2. The Bertz CT molecular complexity index is 1170. The number of carbonyl (C=O) groups is 1. The number of benzene rings is 2. The minimum atomic E-state index is -1.10. The predicted molar refractivity (Wildman–Crippen MR) is 125 cm³/mol. The number of nitro groups is 1. The van der Waals surface area contributed by atoms with Gasteiger partial charge in [0.25, 0.3) is 5.69 Å². The van der Waals surface area contributed by atoms with Crippen LogP contribution in [-0.4, -0.2) is 70.1 Å². The average Bonchev–Trinajstić information content (AvgIpc) is 3.23. The summed E-state index contributed by atoms with van der Waals surface area (Å²) in [7, 11) is 0. The summed E-state index contributed by atoms with van der Waals surface area (Å²) in [4.78, 5) is 25.2. The first-order valence-corrected chi connectivity index (χ1v) is 11.1. The van der Waals surface area contributed by atoms with Crippen LogP contribution < -0.4 is 4.74 Å². The first-order valence-electron chi connectivity index (χ1n) is 11.1. The lowest BCUT2D eigenvalue weighted by atomic mass is 10.0. The van der Waals surface area contributed by atoms with E-state index in [1.54, 1.807) is 42.5 Å². The molecule has 0 radical (unpaired) electrons. The van der Waals surface area contributed by atoms with Gasteiger partial charge in [-0.15, -0.1) is 0 Å². The highest BCUT2D eigenvalue weighted by atomic mass is 16.6. The zero-order valence-electron chi connectivity index (χ0n) is 18.8. The van der Waals surface area contributed by atoms with Crippen LogP contribution in [0.4, 0.5) is 5.69 Å². The number of nitrogens with zero attached hydrogens (tertiary/aromatic N) is 4. The van der Waals surface area contributed by atoms with E-state index in [1.165, 1.54) is 10.7 Å². The topological polar surface area (TPSA) is 120 Å². The maximum atomic E-state index is 12.0. The number of carboxylic acid groups (broad SMARTS) is 1. The molecule has 0 saturated carbocycles. The van der Waals surface area contributed by atoms with Gasteiger partial charge in [-0.2, -0.15) is 5.10 Å². The zero-order chi connectivity index (χ0) is 24.1. The molecule has 1 fully saturated rings. The van der Waals surface area contributed by atoms with Crippen LogP contribution in [-0.2, 0) is 11.2 Å². The van der Waals surface area contributed by atoms with Crippen molar-refractivity contribution in [2.24, 2.45) is 0 Å². The van der Waals surface area contributed by atoms with Crippen molar-refractivity contribution < 1.29 is 24.3 Å². The second-order valence-electron chi connectivity index (χ2n) is 7.82. The van der Waals surface area contributed by atoms with Crippen molar-refractivity contribution in [2.45, 2.75) is 13.3 Å². The molecular formula is C24H26N4O6. The molecule has 0 spiro atoms. The Morgan fingerprint density at radius 3 is 2.53 bits per heavy atom. The molecule has 34 heavy (non-hydrogen) atoms. The molecule has 10 nitrogen and oxygen atoms in total. The molecule has 2 heterocycles. The smallest absolute Gasteiger partial charge is 0.343 e. The number of ether oxygens (including phenoxy) is 2. The van der Waals surface area contributed by atoms with Crippen LogP contribution in [0.2, 0.25) is 0 Å². The fourth-order valence-electron chi connectivity index (χ4n) is 3.97. The first kappa shape index (κ1) is 23.4. The van der Waals surface area contributed by atoms with Crippen LogP contribution >= 0.6 is 0 Å². The normalized spacial score (nSPS) is 14.1. The van der Waals surface area contributed by atoms with Gasteiger partial charge in [0.05, 0.1) is 35.1 Å². The average molecular weight is 466 g/mol. The summed E-state index contributed by atoms with van der Waals surface area (Å²) < 4.78 is 12.8. The van der Waals surface area contributed by atoms with Gasteiger partial charge in [-0.1, -0.05) is 31.2 Å². The molecule has 1 saturated heterocycles. The van der Waals surface area contributed by atoms with E-state index >= 15 is 0 Å². The van der Waals surface area contributed by atoms with E-state index in [0.717, 1.165) is 13.1 Å². The summed E-state index contributed by atoms with van der Waals surface area (Å²) >= 11 is 0. The third-order valence-corrected chi connectivity index (χ3v) is 5.74. The summed E-state index contributed by atoms with van der Waals surface area (Å²) in [6.45, 7) is 5.75. The van der Waals surface area contributed by atoms with Crippen molar-refractivity contribution in [2.75, 3.05) is 39.5 Å². The maximum Gasteiger partial charge on any atom is 0.343 e. The molecule has 0 bridgehead atoms. The van der Waals surface area contributed by atoms with Crippen LogP contribution in [0.5, 0.6) is 5.88 Å². The van der Waals surface area contributed by atoms with Gasteiger partial charge in [-0.25, -0.2) is 9.48 Å². The van der Waals surface area contributed by atoms with Crippen molar-refractivity contribution in [3.05, 3.63) is 69.9 Å². The lowest BCUT2D eigenvalue weighted by Crippen LogP contribution is -2.38. The molecule has 0 aliphatic carbocycles. The van der Waals surface area contributed by atoms with Crippen molar-refractivity contribution in [3.63, 3.8) is 0 Å². The Morgan fingerprint density at radius 1 is 1.18 bits per heavy atom. The second-order valence-corrected chi connectivity index (χ2v) is 7.82. The van der Waals surface area contributed by atoms with E-state index in [1.807, 2.05) is 6.92 Å². The lowest BCUT2D eigenvalue weighted by molar-refractivity contribution is -0.384. The third kappa shape index (κ3) is 4.92. The van der Waals surface area contributed by atoms with E-state index in [0.29, 0.717) is 55.3 Å². The number of para-hydroxylation sites is 1. The summed E-state index contributed by atoms with van der Waals surface area (Å²) in [5.74, 6) is -0.919. The highest BCUT2D eigenvalue weighted by molar-refractivity contribution is 5.92. The molecule has 1 aliphatic rings. The Balaban J connectivity index is 1.64. The fraction of sp³-hybridized carbons (Fsp3) is 0.333. The number of morpholine rings is 1. The highest BCUT2D eigenvalue weighted by Crippen LogP contribution is 2.32. The van der Waals surface area contributed by atoms with Crippen LogP contribution in [0.1, 0.15) is 23.0 Å². The van der Waals surface area contributed by atoms with E-state index in [2.05, 4.69) is 10.00 Å². The Morgan fingerprint density at radius 2 is 1.88 bits per heavy atom. The molecule has 4 rings (SSSR count). The fourth-order valence-corrected chi connectivity index (χ4v) is 3.97. The Labute approximate surface area is 196 Å². The maximum absolute atomic E-state index is 12.0. The molecule has 0 amide bonds. The minimum absolute atomic E-state index is 0.0166. The summed E-state index contributed by atoms with van der Waals surface area (Å²) in [6.07, 6.45) is 0.433. The first-order chi connectivity index (χ1) is 16.5. The van der Waals surface area contributed by atoms with Crippen LogP contribution in [0, 0.1) is 10.1 Å². The molecule has 2 aromatic carbocycles. The van der Waals surface area contributed by atoms with Gasteiger partial charge in [0.15, 0.2) is 0 Å². The van der Waals surface area contributed by atoms with Gasteiger partial charge in [0.2, 0.25) is 5.88 Å². The molecule has 1 N–H and O–H groups in total. The SMILES string of the molecule is CCc1nn(-c2ccc(-c3ccccc3[N+](=O)[O-])cc2)c(OCCN2CCOCC2)c1C(=O)O. The van der Waals surface area contributed by atoms with E-state index in [9.17, 15) is 20.0 Å². The molecule has 178 valence electrons. The zero-order valence-corrected chi connectivity index (χ0v) is 18.8. The largest absolute Gasteiger partial charge is 0.477 e. The van der Waals surface area contributed by atoms with Gasteiger partial charge in [0, 0.05) is 25.7 Å². The van der Waals surface area contributed by atoms with E-state index in [-0.39, 0.29) is 17.1 Å². The molecular weight excluding hydrogens is 440 g/mol. The van der Waals surface area contributed by atoms with Crippen molar-refractivity contribution >= 4 is 11.7 Å². The predicted octanol–water partition coefficient (Wildman–Crippen LogP) is 3.42. The Hall–Kier alpha value is -3.76. The van der Waals surface area contributed by atoms with Crippen molar-refractivity contribution in [1.82, 2.24) is 14.7 Å². The number of nitro benzene ring substituents is 1. The summed E-state index contributed by atoms with van der Waals surface area (Å²) in [6, 6.07) is 13.5. The number of hydrogen-bond acceptors (Lipinski definition) is 7. The van der Waals surface area contributed by atoms with Crippen molar-refractivity contribution in [1.29, 1.82) is 0 Å². The molecule has 0 atom stereocenters. The van der Waals surface area contributed by atoms with E-state index in [4.69, 9.17) is 9.47 Å². The monoisotopic (exact) mass is 466 g/mol. The van der Waals surface area contributed by atoms with Crippen LogP contribution in [0.15, 0.2) is 48.5 Å². The standard InChI is InChI=1S/C24H26N4O6/c1-2-20-22(24(29)30)23(34-16-13-26-11-14-33-15-12-26)27(25-20)18-9-7-17(8-10-18)19-5-3-4-6-21(19)28(31)32/h3-10H,2,11-16H2,1H3,(H,29,30). The van der Waals surface area contributed by atoms with Crippen LogP contribution in [0.25, 0.3) is 16.8 Å². The number of aromatic carboxylic acids is 1. The number of carboxylic acids is 1. The second kappa shape index (κ2) is 10.4. The molecule has 1 aromatic heterocycles. The summed E-state index contributed by atoms with van der Waals surface area (Å²) in [5, 5.41) is 25.7. The number of hydrogen-bond donors (Lipinski definition) is 1. The Kier molecular flexibility index (Phi) is 7.19. The lowest BCUT2D eigenvalue weighted by Gasteiger charge is -2.26. The number of aryl methyl sites for hydroxylation is 1. The number of rotatable bonds is 9. The van der Waals surface area contributed by atoms with Gasteiger partial charge in [-0.3, -0.25) is 15.0 Å². The summed E-state index contributed by atoms with van der Waals surface area (Å²) in [5.41, 5.74) is 2.27.